The third-order valence-corrected chi connectivity index (χ3v) is 6.81. The first-order chi connectivity index (χ1) is 23.6. The summed E-state index contributed by atoms with van der Waals surface area (Å²) in [7, 11) is -10.7. The molecule has 0 aliphatic rings. The van der Waals surface area contributed by atoms with Crippen LogP contribution in [0.1, 0.15) is 52.7 Å². The molecule has 0 bridgehead atoms. The fourth-order valence-electron chi connectivity index (χ4n) is 4.22. The predicted molar refractivity (Wildman–Crippen MR) is 195 cm³/mol. The van der Waals surface area contributed by atoms with E-state index in [1.54, 1.807) is 12.4 Å². The third-order valence-electron chi connectivity index (χ3n) is 6.81. The van der Waals surface area contributed by atoms with Crippen LogP contribution in [0.15, 0.2) is 134 Å². The number of halogens is 6. The molecule has 0 aliphatic carbocycles. The van der Waals surface area contributed by atoms with Gasteiger partial charge in [0.05, 0.1) is 11.4 Å². The van der Waals surface area contributed by atoms with Crippen molar-refractivity contribution in [2.24, 2.45) is 0 Å². The smallest absolute Gasteiger partial charge is 0.305 e. The van der Waals surface area contributed by atoms with Crippen LogP contribution >= 0.6 is 7.81 Å². The molecule has 0 saturated carbocycles. The van der Waals surface area contributed by atoms with E-state index in [0.717, 1.165) is 33.9 Å². The van der Waals surface area contributed by atoms with Crippen molar-refractivity contribution in [3.63, 3.8) is 0 Å². The van der Waals surface area contributed by atoms with Gasteiger partial charge in [0, 0.05) is 24.8 Å². The molecule has 0 unspecified atom stereocenters. The van der Waals surface area contributed by atoms with Crippen LogP contribution in [0.4, 0.5) is 25.2 Å². The van der Waals surface area contributed by atoms with Crippen molar-refractivity contribution in [2.45, 2.75) is 52.4 Å². The van der Waals surface area contributed by atoms with Gasteiger partial charge in [0.25, 0.3) is 0 Å². The molecule has 6 rings (SSSR count). The maximum absolute atomic E-state index is 10.7. The van der Waals surface area contributed by atoms with Crippen molar-refractivity contribution in [1.82, 2.24) is 19.9 Å². The first-order valence-corrected chi connectivity index (χ1v) is 17.9. The zero-order chi connectivity index (χ0) is 37.8. The Morgan fingerprint density at radius 2 is 0.769 bits per heavy atom. The van der Waals surface area contributed by atoms with Crippen LogP contribution < -0.4 is 0 Å². The molecule has 4 heterocycles. The Bertz CT molecular complexity index is 1720. The Morgan fingerprint density at radius 3 is 1.04 bits per heavy atom. The summed E-state index contributed by atoms with van der Waals surface area (Å²) in [6.45, 7) is 13.3. The van der Waals surface area contributed by atoms with Crippen molar-refractivity contribution >= 4 is 7.81 Å². The summed E-state index contributed by atoms with van der Waals surface area (Å²) in [5.74, 6) is 0. The van der Waals surface area contributed by atoms with Gasteiger partial charge in [-0.2, -0.15) is 0 Å². The Morgan fingerprint density at radius 1 is 0.442 bits per heavy atom. The summed E-state index contributed by atoms with van der Waals surface area (Å²) in [4.78, 5) is 17.4. The molecule has 0 aliphatic heterocycles. The first-order valence-electron chi connectivity index (χ1n) is 15.8. The Labute approximate surface area is 315 Å². The SMILES string of the molecule is CC(C)(C)c1ccnc(-c2cc(C(C)(C)C)ccn2)c1.F[P-](F)(F)(F)(F)F.[Ir+3].[c-]1ccccc1-c1ccccn1.[c-]1ccccc1-c1ccccn1. The third kappa shape index (κ3) is 17.8. The molecule has 4 nitrogen and oxygen atoms in total. The summed E-state index contributed by atoms with van der Waals surface area (Å²) >= 11 is 0. The molecule has 0 radical (unpaired) electrons. The summed E-state index contributed by atoms with van der Waals surface area (Å²) in [6, 6.07) is 42.1. The van der Waals surface area contributed by atoms with Gasteiger partial charge in [0.15, 0.2) is 0 Å². The number of aromatic nitrogens is 4. The van der Waals surface area contributed by atoms with Gasteiger partial charge in [-0.1, -0.05) is 65.8 Å². The molecular weight excluding hydrogens is 874 g/mol. The monoisotopic (exact) mass is 914 g/mol. The summed E-state index contributed by atoms with van der Waals surface area (Å²) < 4.78 is 59.2. The van der Waals surface area contributed by atoms with E-state index in [1.807, 2.05) is 97.3 Å². The van der Waals surface area contributed by atoms with Gasteiger partial charge in [0.2, 0.25) is 0 Å². The predicted octanol–water partition coefficient (Wildman–Crippen LogP) is 13.2. The van der Waals surface area contributed by atoms with E-state index < -0.39 is 7.81 Å². The Kier molecular flexibility index (Phi) is 14.7. The molecule has 276 valence electrons. The number of hydrogen-bond donors (Lipinski definition) is 0. The maximum atomic E-state index is 9.87. The molecule has 0 atom stereocenters. The second kappa shape index (κ2) is 17.5. The van der Waals surface area contributed by atoms with Crippen LogP contribution in [-0.2, 0) is 30.9 Å². The van der Waals surface area contributed by atoms with Gasteiger partial charge in [-0.3, -0.25) is 9.97 Å². The van der Waals surface area contributed by atoms with Crippen LogP contribution in [0.3, 0.4) is 0 Å². The van der Waals surface area contributed by atoms with E-state index in [2.05, 4.69) is 97.9 Å². The van der Waals surface area contributed by atoms with Gasteiger partial charge in [0.1, 0.15) is 0 Å². The zero-order valence-electron chi connectivity index (χ0n) is 29.5. The van der Waals surface area contributed by atoms with E-state index in [0.29, 0.717) is 0 Å². The van der Waals surface area contributed by atoms with E-state index in [1.165, 1.54) is 11.1 Å². The number of benzene rings is 2. The van der Waals surface area contributed by atoms with Gasteiger partial charge in [-0.15, -0.1) is 71.8 Å². The Balaban J connectivity index is 0.000000254. The number of hydrogen-bond acceptors (Lipinski definition) is 4. The second-order valence-electron chi connectivity index (χ2n) is 13.3. The largest absolute Gasteiger partial charge is 3.00 e. The van der Waals surface area contributed by atoms with E-state index in [-0.39, 0.29) is 30.9 Å². The average molecular weight is 914 g/mol. The van der Waals surface area contributed by atoms with Gasteiger partial charge in [-0.25, -0.2) is 0 Å². The number of nitrogens with zero attached hydrogens (tertiary/aromatic N) is 4. The average Bonchev–Trinajstić information content (AvgIpc) is 3.08. The summed E-state index contributed by atoms with van der Waals surface area (Å²) in [5, 5.41) is 0. The quantitative estimate of drug-likeness (QED) is 0.101. The van der Waals surface area contributed by atoms with Gasteiger partial charge < -0.3 is 9.97 Å². The normalized spacial score (nSPS) is 12.4. The number of pyridine rings is 4. The maximum Gasteiger partial charge on any atom is 3.00 e. The van der Waals surface area contributed by atoms with Gasteiger partial charge in [-0.05, 0) is 69.7 Å². The molecule has 0 spiro atoms. The minimum absolute atomic E-state index is 0. The molecule has 2 aromatic carbocycles. The van der Waals surface area contributed by atoms with Crippen molar-refractivity contribution in [3.8, 4) is 33.9 Å². The minimum atomic E-state index is -10.7. The van der Waals surface area contributed by atoms with Crippen molar-refractivity contribution < 1.29 is 45.3 Å². The van der Waals surface area contributed by atoms with Gasteiger partial charge >= 0.3 is 53.1 Å². The van der Waals surface area contributed by atoms with Crippen molar-refractivity contribution in [2.75, 3.05) is 0 Å². The fraction of sp³-hybridized carbons (Fsp3) is 0.200. The van der Waals surface area contributed by atoms with E-state index in [4.69, 9.17) is 0 Å². The molecular formula is C40H40F6IrN4P. The van der Waals surface area contributed by atoms with E-state index in [9.17, 15) is 25.2 Å². The van der Waals surface area contributed by atoms with Crippen LogP contribution in [0.5, 0.6) is 0 Å². The minimum Gasteiger partial charge on any atom is -0.305 e. The molecule has 0 amide bonds. The van der Waals surface area contributed by atoms with Crippen molar-refractivity contribution in [1.29, 1.82) is 0 Å². The molecule has 6 aromatic rings. The van der Waals surface area contributed by atoms with Crippen LogP contribution in [0.25, 0.3) is 33.9 Å². The molecule has 0 saturated heterocycles. The van der Waals surface area contributed by atoms with Crippen molar-refractivity contribution in [3.05, 3.63) is 157 Å². The summed E-state index contributed by atoms with van der Waals surface area (Å²) in [6.07, 6.45) is 7.33. The molecule has 52 heavy (non-hydrogen) atoms. The van der Waals surface area contributed by atoms with Crippen LogP contribution in [0, 0.1) is 12.1 Å². The van der Waals surface area contributed by atoms with Crippen LogP contribution in [0.2, 0.25) is 0 Å². The second-order valence-corrected chi connectivity index (χ2v) is 15.2. The van der Waals surface area contributed by atoms with Crippen LogP contribution in [-0.4, -0.2) is 19.9 Å². The molecule has 0 fully saturated rings. The fourth-order valence-corrected chi connectivity index (χ4v) is 4.22. The molecule has 4 aromatic heterocycles. The zero-order valence-corrected chi connectivity index (χ0v) is 32.8. The first kappa shape index (κ1) is 43.9. The molecule has 12 heteroatoms. The number of rotatable bonds is 3. The molecule has 0 N–H and O–H groups in total. The summed E-state index contributed by atoms with van der Waals surface area (Å²) in [5.41, 5.74) is 8.73. The topological polar surface area (TPSA) is 51.6 Å². The Hall–Kier alpha value is -4.30. The standard InChI is InChI=1S/C18H24N2.2C11H8N.F6P.Ir/c1-17(2,3)13-7-9-19-15(11-13)16-12-14(8-10-20-16)18(4,5)6;2*1-2-6-10(7-3-1)11-8-4-5-9-12-11;1-7(2,3,4,5)6;/h7-12H,1-6H3;2*1-6,8-9H;;/q;3*-1;+3. The van der Waals surface area contributed by atoms with E-state index >= 15 is 0 Å².